The van der Waals surface area contributed by atoms with Crippen LogP contribution in [0.3, 0.4) is 0 Å². The van der Waals surface area contributed by atoms with Crippen molar-refractivity contribution in [2.45, 2.75) is 335 Å². The molecule has 6 nitrogen and oxygen atoms in total. The number of esters is 3. The van der Waals surface area contributed by atoms with Crippen LogP contribution in [0.15, 0.2) is 60.8 Å². The van der Waals surface area contributed by atoms with Gasteiger partial charge in [-0.2, -0.15) is 0 Å². The summed E-state index contributed by atoms with van der Waals surface area (Å²) >= 11 is 0. The van der Waals surface area contributed by atoms with Crippen molar-refractivity contribution >= 4 is 17.9 Å². The van der Waals surface area contributed by atoms with Gasteiger partial charge in [-0.05, 0) is 83.5 Å². The third-order valence-corrected chi connectivity index (χ3v) is 14.0. The molecule has 0 unspecified atom stereocenters. The highest BCUT2D eigenvalue weighted by Crippen LogP contribution is 2.17. The van der Waals surface area contributed by atoms with E-state index in [4.69, 9.17) is 14.2 Å². The van der Waals surface area contributed by atoms with E-state index in [0.29, 0.717) is 19.3 Å². The lowest BCUT2D eigenvalue weighted by Crippen LogP contribution is -2.30. The Morgan fingerprint density at radius 1 is 0.274 bits per heavy atom. The maximum atomic E-state index is 12.9. The summed E-state index contributed by atoms with van der Waals surface area (Å²) in [6.45, 7) is 6.61. The zero-order valence-corrected chi connectivity index (χ0v) is 48.7. The van der Waals surface area contributed by atoms with Crippen LogP contribution in [0, 0.1) is 0 Å². The minimum absolute atomic E-state index is 0.0882. The summed E-state index contributed by atoms with van der Waals surface area (Å²) in [6.07, 6.45) is 78.0. The second-order valence-electron chi connectivity index (χ2n) is 21.3. The lowest BCUT2D eigenvalue weighted by Gasteiger charge is -2.18. The summed E-state index contributed by atoms with van der Waals surface area (Å²) in [5.74, 6) is -0.929. The Morgan fingerprint density at radius 3 is 0.863 bits per heavy atom. The van der Waals surface area contributed by atoms with Crippen molar-refractivity contribution in [3.8, 4) is 0 Å². The molecule has 0 aromatic carbocycles. The Hall–Kier alpha value is -2.89. The van der Waals surface area contributed by atoms with E-state index in [1.165, 1.54) is 218 Å². The van der Waals surface area contributed by atoms with Crippen molar-refractivity contribution in [3.63, 3.8) is 0 Å². The summed E-state index contributed by atoms with van der Waals surface area (Å²) < 4.78 is 16.9. The summed E-state index contributed by atoms with van der Waals surface area (Å²) in [4.78, 5) is 38.3. The first kappa shape index (κ1) is 70.1. The van der Waals surface area contributed by atoms with Crippen LogP contribution >= 0.6 is 0 Å². The molecule has 0 aliphatic carbocycles. The lowest BCUT2D eigenvalue weighted by atomic mass is 10.0. The van der Waals surface area contributed by atoms with Crippen LogP contribution in [0.2, 0.25) is 0 Å². The van der Waals surface area contributed by atoms with E-state index < -0.39 is 6.10 Å². The number of carbonyl (C=O) groups excluding carboxylic acids is 3. The van der Waals surface area contributed by atoms with E-state index >= 15 is 0 Å². The molecule has 0 spiro atoms. The molecule has 0 heterocycles. The Bertz CT molecular complexity index is 1310. The highest BCUT2D eigenvalue weighted by atomic mass is 16.6. The fourth-order valence-corrected chi connectivity index (χ4v) is 9.20. The van der Waals surface area contributed by atoms with Gasteiger partial charge < -0.3 is 14.2 Å². The molecule has 0 fully saturated rings. The van der Waals surface area contributed by atoms with Gasteiger partial charge in [-0.3, -0.25) is 14.4 Å². The molecule has 424 valence electrons. The minimum atomic E-state index is -0.795. The first-order valence-corrected chi connectivity index (χ1v) is 31.8. The largest absolute Gasteiger partial charge is 0.462 e. The van der Waals surface area contributed by atoms with Crippen molar-refractivity contribution in [1.82, 2.24) is 0 Å². The second-order valence-corrected chi connectivity index (χ2v) is 21.3. The van der Waals surface area contributed by atoms with Gasteiger partial charge in [0.2, 0.25) is 0 Å². The molecule has 0 saturated heterocycles. The predicted octanol–water partition coefficient (Wildman–Crippen LogP) is 21.6. The van der Waals surface area contributed by atoms with Gasteiger partial charge in [0.1, 0.15) is 13.2 Å². The zero-order chi connectivity index (χ0) is 52.9. The number of allylic oxidation sites excluding steroid dienone is 10. The monoisotopic (exact) mass is 1020 g/mol. The molecule has 0 amide bonds. The number of hydrogen-bond donors (Lipinski definition) is 0. The number of carbonyl (C=O) groups is 3. The quantitative estimate of drug-likeness (QED) is 0.0261. The van der Waals surface area contributed by atoms with Crippen molar-refractivity contribution in [3.05, 3.63) is 60.8 Å². The zero-order valence-electron chi connectivity index (χ0n) is 48.7. The van der Waals surface area contributed by atoms with Crippen LogP contribution in [-0.4, -0.2) is 37.2 Å². The smallest absolute Gasteiger partial charge is 0.306 e. The fraction of sp³-hybridized carbons (Fsp3) is 0.806. The van der Waals surface area contributed by atoms with Gasteiger partial charge in [-0.1, -0.05) is 287 Å². The summed E-state index contributed by atoms with van der Waals surface area (Å²) in [5, 5.41) is 0. The van der Waals surface area contributed by atoms with E-state index in [2.05, 4.69) is 81.5 Å². The normalized spacial score (nSPS) is 12.4. The molecular weight excluding hydrogens is 901 g/mol. The average Bonchev–Trinajstić information content (AvgIpc) is 3.39. The molecule has 0 N–H and O–H groups in total. The number of hydrogen-bond acceptors (Lipinski definition) is 6. The molecule has 0 aromatic rings. The van der Waals surface area contributed by atoms with Crippen molar-refractivity contribution in [2.24, 2.45) is 0 Å². The summed E-state index contributed by atoms with van der Waals surface area (Å²) in [5.41, 5.74) is 0. The first-order chi connectivity index (χ1) is 36.0. The number of ether oxygens (including phenoxy) is 3. The van der Waals surface area contributed by atoms with Crippen LogP contribution in [0.1, 0.15) is 329 Å². The molecule has 0 aliphatic rings. The van der Waals surface area contributed by atoms with Crippen LogP contribution in [0.25, 0.3) is 0 Å². The molecule has 0 aromatic heterocycles. The van der Waals surface area contributed by atoms with E-state index in [0.717, 1.165) is 64.2 Å². The number of rotatable bonds is 58. The highest BCUT2D eigenvalue weighted by molar-refractivity contribution is 5.71. The van der Waals surface area contributed by atoms with E-state index in [-0.39, 0.29) is 37.5 Å². The van der Waals surface area contributed by atoms with Gasteiger partial charge in [0.15, 0.2) is 6.10 Å². The van der Waals surface area contributed by atoms with Crippen molar-refractivity contribution in [2.75, 3.05) is 13.2 Å². The third kappa shape index (κ3) is 59.9. The minimum Gasteiger partial charge on any atom is -0.462 e. The first-order valence-electron chi connectivity index (χ1n) is 31.8. The van der Waals surface area contributed by atoms with Crippen LogP contribution in [0.5, 0.6) is 0 Å². The molecule has 6 heteroatoms. The van der Waals surface area contributed by atoms with E-state index in [1.807, 2.05) is 0 Å². The van der Waals surface area contributed by atoms with Gasteiger partial charge in [-0.15, -0.1) is 0 Å². The topological polar surface area (TPSA) is 78.9 Å². The van der Waals surface area contributed by atoms with E-state index in [9.17, 15) is 14.4 Å². The van der Waals surface area contributed by atoms with Gasteiger partial charge >= 0.3 is 17.9 Å². The number of unbranched alkanes of at least 4 members (excludes halogenated alkanes) is 37. The lowest BCUT2D eigenvalue weighted by molar-refractivity contribution is -0.167. The molecular formula is C67H120O6. The van der Waals surface area contributed by atoms with E-state index in [1.54, 1.807) is 0 Å². The van der Waals surface area contributed by atoms with Crippen LogP contribution in [-0.2, 0) is 28.6 Å². The van der Waals surface area contributed by atoms with Gasteiger partial charge in [0, 0.05) is 19.3 Å². The van der Waals surface area contributed by atoms with Gasteiger partial charge in [0.05, 0.1) is 0 Å². The third-order valence-electron chi connectivity index (χ3n) is 14.0. The predicted molar refractivity (Wildman–Crippen MR) is 316 cm³/mol. The Balaban J connectivity index is 4.39. The Kier molecular flexibility index (Phi) is 59.2. The molecule has 73 heavy (non-hydrogen) atoms. The SMILES string of the molecule is CCCCC/C=C\C/C=C\C/C=C\C/C=C\CCCC(=O)OC[C@H](COC(=O)CCCCCCCCCCCCC/C=C\CCCCCCCC)OC(=O)CCCCCCCCCCCCCCCCCCC. The molecule has 0 aliphatic heterocycles. The van der Waals surface area contributed by atoms with Crippen LogP contribution < -0.4 is 0 Å². The van der Waals surface area contributed by atoms with Crippen LogP contribution in [0.4, 0.5) is 0 Å². The maximum absolute atomic E-state index is 12.9. The highest BCUT2D eigenvalue weighted by Gasteiger charge is 2.19. The average molecular weight is 1020 g/mol. The Morgan fingerprint density at radius 2 is 0.507 bits per heavy atom. The van der Waals surface area contributed by atoms with Crippen molar-refractivity contribution < 1.29 is 28.6 Å². The molecule has 0 bridgehead atoms. The Labute approximate surface area is 453 Å². The fourth-order valence-electron chi connectivity index (χ4n) is 9.20. The van der Waals surface area contributed by atoms with Gasteiger partial charge in [-0.25, -0.2) is 0 Å². The second kappa shape index (κ2) is 61.7. The summed E-state index contributed by atoms with van der Waals surface area (Å²) in [6, 6.07) is 0. The summed E-state index contributed by atoms with van der Waals surface area (Å²) in [7, 11) is 0. The molecule has 0 saturated carbocycles. The van der Waals surface area contributed by atoms with Crippen molar-refractivity contribution in [1.29, 1.82) is 0 Å². The molecule has 1 atom stereocenters. The maximum Gasteiger partial charge on any atom is 0.306 e. The molecule has 0 radical (unpaired) electrons. The molecule has 0 rings (SSSR count). The standard InChI is InChI=1S/C67H120O6/c1-4-7-10-13-16-19-22-25-28-31-32-33-34-37-39-42-45-48-51-54-57-60-66(69)72-63-64(73-67(70)61-58-55-52-49-46-43-40-36-30-27-24-21-18-15-12-9-6-3)62-71-65(68)59-56-53-50-47-44-41-38-35-29-26-23-20-17-14-11-8-5-2/h17,20,25-26,28-29,38,41,47,50,64H,4-16,18-19,21-24,27,30-37,39-40,42-46,48-49,51-63H2,1-3H3/b20-17-,28-25-,29-26-,41-38-,50-47-/t64-/m1/s1. The van der Waals surface area contributed by atoms with Gasteiger partial charge in [0.25, 0.3) is 0 Å².